The van der Waals surface area contributed by atoms with Gasteiger partial charge in [-0.15, -0.1) is 6.58 Å². The number of rotatable bonds is 12. The van der Waals surface area contributed by atoms with Crippen LogP contribution in [0.4, 0.5) is 5.69 Å². The normalized spacial score (nSPS) is 23.6. The zero-order chi connectivity index (χ0) is 37.6. The highest BCUT2D eigenvalue weighted by atomic mass is 35.5. The number of hydrogen-bond donors (Lipinski definition) is 3. The highest BCUT2D eigenvalue weighted by Crippen LogP contribution is 2.53. The van der Waals surface area contributed by atoms with Gasteiger partial charge < -0.3 is 14.8 Å². The number of imide groups is 1. The molecule has 13 nitrogen and oxygen atoms in total. The van der Waals surface area contributed by atoms with Gasteiger partial charge in [-0.1, -0.05) is 44.5 Å². The third kappa shape index (κ3) is 7.30. The van der Waals surface area contributed by atoms with Crippen LogP contribution in [0.5, 0.6) is 11.6 Å². The Kier molecular flexibility index (Phi) is 9.99. The van der Waals surface area contributed by atoms with Gasteiger partial charge in [0.05, 0.1) is 36.2 Å². The van der Waals surface area contributed by atoms with Gasteiger partial charge in [0, 0.05) is 40.4 Å². The minimum atomic E-state index is -3.92. The quantitative estimate of drug-likeness (QED) is 0.225. The second-order valence-corrected chi connectivity index (χ2v) is 17.0. The first-order valence-corrected chi connectivity index (χ1v) is 18.9. The molecule has 2 saturated carbocycles. The lowest BCUT2D eigenvalue weighted by Crippen LogP contribution is -2.59. The van der Waals surface area contributed by atoms with Crippen molar-refractivity contribution in [2.24, 2.45) is 11.3 Å². The van der Waals surface area contributed by atoms with Gasteiger partial charge in [-0.05, 0) is 61.1 Å². The lowest BCUT2D eigenvalue weighted by Gasteiger charge is -2.34. The number of anilines is 1. The van der Waals surface area contributed by atoms with Gasteiger partial charge in [0.15, 0.2) is 0 Å². The number of nitrogens with one attached hydrogen (secondary N) is 3. The predicted octanol–water partition coefficient (Wildman–Crippen LogP) is 4.31. The molecule has 6 rings (SSSR count). The molecule has 52 heavy (non-hydrogen) atoms. The van der Waals surface area contributed by atoms with E-state index in [0.717, 1.165) is 0 Å². The molecule has 3 aliphatic rings. The van der Waals surface area contributed by atoms with E-state index < -0.39 is 68.1 Å². The van der Waals surface area contributed by atoms with Gasteiger partial charge in [-0.2, -0.15) is 5.26 Å². The SMILES string of the molecule is C=C[C@@H]1C[C@@]1(C(=O)NS(=O)(=O)C1CC1)N1C[C@H](Oc2ncc(OC)c3ccc(Cl)cc23)C[C@H]1C(=O)NC(=O)[C@@H](Nc1cccc(C#N)c1)C(C)(C)C. The largest absolute Gasteiger partial charge is 0.494 e. The molecule has 1 aromatic heterocycles. The maximum atomic E-state index is 14.3. The Morgan fingerprint density at radius 1 is 1.17 bits per heavy atom. The van der Waals surface area contributed by atoms with Crippen LogP contribution in [-0.2, 0) is 24.4 Å². The molecule has 15 heteroatoms. The fraction of sp³-hybridized carbons (Fsp3) is 0.432. The molecule has 3 amide bonds. The number of ether oxygens (including phenoxy) is 2. The zero-order valence-electron chi connectivity index (χ0n) is 29.3. The topological polar surface area (TPSA) is 180 Å². The maximum Gasteiger partial charge on any atom is 0.254 e. The van der Waals surface area contributed by atoms with Crippen molar-refractivity contribution in [1.29, 1.82) is 5.26 Å². The third-order valence-electron chi connectivity index (χ3n) is 9.89. The lowest BCUT2D eigenvalue weighted by molar-refractivity contribution is -0.136. The highest BCUT2D eigenvalue weighted by Gasteiger charge is 2.67. The van der Waals surface area contributed by atoms with E-state index in [1.165, 1.54) is 13.3 Å². The Morgan fingerprint density at radius 3 is 2.56 bits per heavy atom. The van der Waals surface area contributed by atoms with E-state index in [4.69, 9.17) is 21.1 Å². The summed E-state index contributed by atoms with van der Waals surface area (Å²) in [6, 6.07) is 11.9. The van der Waals surface area contributed by atoms with Gasteiger partial charge >= 0.3 is 0 Å². The molecule has 5 atom stereocenters. The summed E-state index contributed by atoms with van der Waals surface area (Å²) in [7, 11) is -2.39. The molecule has 2 aliphatic carbocycles. The van der Waals surface area contributed by atoms with Gasteiger partial charge in [0.2, 0.25) is 27.7 Å². The summed E-state index contributed by atoms with van der Waals surface area (Å²) < 4.78 is 40.1. The fourth-order valence-electron chi connectivity index (χ4n) is 6.90. The summed E-state index contributed by atoms with van der Waals surface area (Å²) in [6.45, 7) is 9.43. The first-order chi connectivity index (χ1) is 24.6. The Bertz CT molecular complexity index is 2090. The van der Waals surface area contributed by atoms with Gasteiger partial charge in [0.1, 0.15) is 23.4 Å². The number of sulfonamides is 1. The molecular formula is C37H41ClN6O7S. The van der Waals surface area contributed by atoms with Crippen LogP contribution in [-0.4, -0.2) is 78.7 Å². The summed E-state index contributed by atoms with van der Waals surface area (Å²) in [5.41, 5.74) is -1.18. The number of carbonyl (C=O) groups is 3. The van der Waals surface area contributed by atoms with Crippen molar-refractivity contribution in [2.45, 2.75) is 75.4 Å². The minimum absolute atomic E-state index is 0.0329. The van der Waals surface area contributed by atoms with Crippen LogP contribution in [0.1, 0.15) is 52.0 Å². The molecule has 3 aromatic rings. The molecule has 2 heterocycles. The van der Waals surface area contributed by atoms with E-state index in [-0.39, 0.29) is 25.3 Å². The molecule has 0 radical (unpaired) electrons. The summed E-state index contributed by atoms with van der Waals surface area (Å²) >= 11 is 6.34. The van der Waals surface area contributed by atoms with Crippen molar-refractivity contribution in [3.8, 4) is 17.7 Å². The number of nitriles is 1. The number of pyridine rings is 1. The van der Waals surface area contributed by atoms with E-state index in [0.29, 0.717) is 45.6 Å². The number of carbonyl (C=O) groups excluding carboxylic acids is 3. The number of likely N-dealkylation sites (tertiary alicyclic amines) is 1. The molecule has 3 fully saturated rings. The number of hydrogen-bond acceptors (Lipinski definition) is 11. The van der Waals surface area contributed by atoms with Crippen LogP contribution in [0, 0.1) is 22.7 Å². The van der Waals surface area contributed by atoms with Crippen LogP contribution in [0.2, 0.25) is 5.02 Å². The first-order valence-electron chi connectivity index (χ1n) is 17.0. The van der Waals surface area contributed by atoms with E-state index in [1.54, 1.807) is 53.4 Å². The van der Waals surface area contributed by atoms with Crippen molar-refractivity contribution < 1.29 is 32.3 Å². The molecule has 1 saturated heterocycles. The predicted molar refractivity (Wildman–Crippen MR) is 195 cm³/mol. The Hall–Kier alpha value is -4.71. The Balaban J connectivity index is 1.32. The zero-order valence-corrected chi connectivity index (χ0v) is 30.9. The number of benzene rings is 2. The van der Waals surface area contributed by atoms with Crippen LogP contribution < -0.4 is 24.8 Å². The van der Waals surface area contributed by atoms with Gasteiger partial charge in [-0.3, -0.25) is 29.3 Å². The number of amides is 3. The van der Waals surface area contributed by atoms with Crippen LogP contribution in [0.15, 0.2) is 61.3 Å². The Labute approximate surface area is 307 Å². The van der Waals surface area contributed by atoms with Crippen molar-refractivity contribution in [3.05, 3.63) is 71.9 Å². The number of fused-ring (bicyclic) bond motifs is 1. The third-order valence-corrected chi connectivity index (χ3v) is 11.9. The van der Waals surface area contributed by atoms with Crippen molar-refractivity contribution >= 4 is 55.8 Å². The Morgan fingerprint density at radius 2 is 1.92 bits per heavy atom. The first kappa shape index (κ1) is 37.1. The van der Waals surface area contributed by atoms with Gasteiger partial charge in [-0.25, -0.2) is 13.4 Å². The van der Waals surface area contributed by atoms with E-state index >= 15 is 0 Å². The van der Waals surface area contributed by atoms with Crippen molar-refractivity contribution in [1.82, 2.24) is 19.9 Å². The summed E-state index contributed by atoms with van der Waals surface area (Å²) in [4.78, 5) is 48.2. The van der Waals surface area contributed by atoms with E-state index in [2.05, 4.69) is 33.0 Å². The summed E-state index contributed by atoms with van der Waals surface area (Å²) in [5, 5.41) is 16.2. The number of methoxy groups -OCH3 is 1. The molecule has 0 bridgehead atoms. The van der Waals surface area contributed by atoms with Crippen LogP contribution >= 0.6 is 11.6 Å². The van der Waals surface area contributed by atoms with E-state index in [9.17, 15) is 28.1 Å². The monoisotopic (exact) mass is 748 g/mol. The molecule has 3 N–H and O–H groups in total. The average molecular weight is 749 g/mol. The van der Waals surface area contributed by atoms with Gasteiger partial charge in [0.25, 0.3) is 5.91 Å². The van der Waals surface area contributed by atoms with Crippen molar-refractivity contribution in [2.75, 3.05) is 19.0 Å². The average Bonchev–Trinajstić information content (AvgIpc) is 4.03. The molecule has 1 aliphatic heterocycles. The highest BCUT2D eigenvalue weighted by molar-refractivity contribution is 7.91. The second kappa shape index (κ2) is 14.0. The summed E-state index contributed by atoms with van der Waals surface area (Å²) in [6.07, 6.45) is 3.56. The molecule has 0 spiro atoms. The second-order valence-electron chi connectivity index (χ2n) is 14.6. The maximum absolute atomic E-state index is 14.3. The smallest absolute Gasteiger partial charge is 0.254 e. The molecule has 2 aromatic carbocycles. The molecule has 274 valence electrons. The standard InChI is InChI=1S/C37H41ClN6O7S/c1-6-22-17-37(22,35(47)43-52(48,49)26-11-12-26)44-20-25(51-34-28-15-23(38)10-13-27(28)30(50-5)19-40-34)16-29(44)32(45)42-33(46)31(36(2,3)4)41-24-9-7-8-21(14-24)18-39/h6-10,13-15,19,22,25-26,29,31,41H,1,11-12,16-17,20H2,2-5H3,(H,43,47)(H,42,45,46)/t22-,25-,29+,31-,37-/m1/s1. The van der Waals surface area contributed by atoms with Crippen molar-refractivity contribution in [3.63, 3.8) is 0 Å². The molecule has 0 unspecified atom stereocenters. The minimum Gasteiger partial charge on any atom is -0.494 e. The molecular weight excluding hydrogens is 708 g/mol. The van der Waals surface area contributed by atoms with E-state index in [1.807, 2.05) is 20.8 Å². The lowest BCUT2D eigenvalue weighted by atomic mass is 9.85. The fourth-order valence-corrected chi connectivity index (χ4v) is 8.44. The number of nitrogens with zero attached hydrogens (tertiary/aromatic N) is 3. The summed E-state index contributed by atoms with van der Waals surface area (Å²) in [5.74, 6) is -1.79. The van der Waals surface area contributed by atoms with Crippen LogP contribution in [0.3, 0.4) is 0 Å². The number of aromatic nitrogens is 1. The van der Waals surface area contributed by atoms with Crippen LogP contribution in [0.25, 0.3) is 10.8 Å². The number of halogens is 1.